The van der Waals surface area contributed by atoms with Gasteiger partial charge in [-0.15, -0.1) is 0 Å². The number of rotatable bonds is 6. The first kappa shape index (κ1) is 17.3. The maximum atomic E-state index is 12.5. The number of H-pyrrole nitrogens is 1. The summed E-state index contributed by atoms with van der Waals surface area (Å²) in [5, 5.41) is 1.26. The predicted molar refractivity (Wildman–Crippen MR) is 104 cm³/mol. The van der Waals surface area contributed by atoms with E-state index in [-0.39, 0.29) is 11.9 Å². The largest absolute Gasteiger partial charge is 0.361 e. The maximum Gasteiger partial charge on any atom is 0.222 e. The van der Waals surface area contributed by atoms with Crippen LogP contribution >= 0.6 is 0 Å². The number of aromatic amines is 1. The number of aromatic nitrogens is 1. The van der Waals surface area contributed by atoms with Gasteiger partial charge in [0.1, 0.15) is 0 Å². The molecule has 1 amide bonds. The van der Waals surface area contributed by atoms with E-state index in [1.165, 1.54) is 22.1 Å². The molecule has 0 saturated carbocycles. The van der Waals surface area contributed by atoms with Crippen LogP contribution in [-0.2, 0) is 11.2 Å². The lowest BCUT2D eigenvalue weighted by Crippen LogP contribution is -2.29. The standard InChI is InChI=1S/C22H26N2O/c1-16-11-13-18(14-12-16)17(2)24(3)22(25)10-6-7-19-15-23-21-9-5-4-8-20(19)21/h4-5,8-9,11-15,17,23H,6-7,10H2,1-3H3. The van der Waals surface area contributed by atoms with Gasteiger partial charge in [0.2, 0.25) is 5.91 Å². The van der Waals surface area contributed by atoms with E-state index in [1.807, 2.05) is 18.0 Å². The topological polar surface area (TPSA) is 36.1 Å². The molecule has 0 aliphatic carbocycles. The number of carbonyl (C=O) groups is 1. The summed E-state index contributed by atoms with van der Waals surface area (Å²) in [4.78, 5) is 17.7. The highest BCUT2D eigenvalue weighted by Gasteiger charge is 2.17. The average Bonchev–Trinajstić information content (AvgIpc) is 3.04. The number of aryl methyl sites for hydroxylation is 2. The monoisotopic (exact) mass is 334 g/mol. The first-order valence-corrected chi connectivity index (χ1v) is 8.93. The van der Waals surface area contributed by atoms with E-state index in [4.69, 9.17) is 0 Å². The zero-order chi connectivity index (χ0) is 17.8. The summed E-state index contributed by atoms with van der Waals surface area (Å²) in [5.41, 5.74) is 4.87. The summed E-state index contributed by atoms with van der Waals surface area (Å²) in [5.74, 6) is 0.202. The number of amides is 1. The molecule has 3 aromatic rings. The molecule has 0 spiro atoms. The molecule has 25 heavy (non-hydrogen) atoms. The van der Waals surface area contributed by atoms with Crippen LogP contribution in [0.2, 0.25) is 0 Å². The van der Waals surface area contributed by atoms with E-state index in [0.29, 0.717) is 6.42 Å². The van der Waals surface area contributed by atoms with Crippen molar-refractivity contribution in [2.75, 3.05) is 7.05 Å². The van der Waals surface area contributed by atoms with E-state index in [2.05, 4.69) is 67.5 Å². The number of nitrogens with zero attached hydrogens (tertiary/aromatic N) is 1. The van der Waals surface area contributed by atoms with Crippen molar-refractivity contribution in [1.82, 2.24) is 9.88 Å². The minimum atomic E-state index is 0.0983. The van der Waals surface area contributed by atoms with E-state index >= 15 is 0 Å². The van der Waals surface area contributed by atoms with Gasteiger partial charge in [-0.05, 0) is 43.9 Å². The molecule has 0 radical (unpaired) electrons. The second-order valence-electron chi connectivity index (χ2n) is 6.80. The van der Waals surface area contributed by atoms with Gasteiger partial charge in [0.05, 0.1) is 6.04 Å². The average molecular weight is 334 g/mol. The molecule has 0 aliphatic heterocycles. The van der Waals surface area contributed by atoms with Gasteiger partial charge >= 0.3 is 0 Å². The Morgan fingerprint density at radius 1 is 1.12 bits per heavy atom. The van der Waals surface area contributed by atoms with Crippen LogP contribution in [0.3, 0.4) is 0 Å². The number of benzene rings is 2. The number of nitrogens with one attached hydrogen (secondary N) is 1. The second kappa shape index (κ2) is 7.56. The number of para-hydroxylation sites is 1. The molecule has 1 heterocycles. The summed E-state index contributed by atoms with van der Waals surface area (Å²) in [6, 6.07) is 16.8. The third-order valence-electron chi connectivity index (χ3n) is 5.05. The van der Waals surface area contributed by atoms with Crippen LogP contribution < -0.4 is 0 Å². The lowest BCUT2D eigenvalue weighted by molar-refractivity contribution is -0.131. The Morgan fingerprint density at radius 3 is 2.60 bits per heavy atom. The maximum absolute atomic E-state index is 12.5. The Labute approximate surface area is 149 Å². The Hall–Kier alpha value is -2.55. The van der Waals surface area contributed by atoms with Crippen LogP contribution in [-0.4, -0.2) is 22.8 Å². The van der Waals surface area contributed by atoms with Crippen molar-refractivity contribution < 1.29 is 4.79 Å². The third-order valence-corrected chi connectivity index (χ3v) is 5.05. The first-order valence-electron chi connectivity index (χ1n) is 8.93. The lowest BCUT2D eigenvalue weighted by atomic mass is 10.0. The van der Waals surface area contributed by atoms with Crippen molar-refractivity contribution in [3.05, 3.63) is 71.4 Å². The fourth-order valence-electron chi connectivity index (χ4n) is 3.23. The highest BCUT2D eigenvalue weighted by Crippen LogP contribution is 2.22. The predicted octanol–water partition coefficient (Wildman–Crippen LogP) is 5.02. The van der Waals surface area contributed by atoms with E-state index in [9.17, 15) is 4.79 Å². The molecule has 3 heteroatoms. The summed E-state index contributed by atoms with van der Waals surface area (Å²) in [7, 11) is 1.90. The third kappa shape index (κ3) is 3.93. The van der Waals surface area contributed by atoms with Crippen LogP contribution in [0, 0.1) is 6.92 Å². The number of hydrogen-bond acceptors (Lipinski definition) is 1. The molecule has 0 aliphatic rings. The molecule has 3 nitrogen and oxygen atoms in total. The van der Waals surface area contributed by atoms with Crippen LogP contribution in [0.25, 0.3) is 10.9 Å². The number of hydrogen-bond donors (Lipinski definition) is 1. The molecule has 1 N–H and O–H groups in total. The molecule has 1 unspecified atom stereocenters. The second-order valence-corrected chi connectivity index (χ2v) is 6.80. The van der Waals surface area contributed by atoms with Gasteiger partial charge in [-0.2, -0.15) is 0 Å². The summed E-state index contributed by atoms with van der Waals surface area (Å²) in [6.45, 7) is 4.16. The SMILES string of the molecule is Cc1ccc(C(C)N(C)C(=O)CCCc2c[nH]c3ccccc23)cc1. The molecular weight excluding hydrogens is 308 g/mol. The van der Waals surface area contributed by atoms with Gasteiger partial charge in [0, 0.05) is 30.6 Å². The van der Waals surface area contributed by atoms with Crippen molar-refractivity contribution in [2.45, 2.75) is 39.2 Å². The minimum Gasteiger partial charge on any atom is -0.361 e. The minimum absolute atomic E-state index is 0.0983. The van der Waals surface area contributed by atoms with Crippen LogP contribution in [0.1, 0.15) is 42.5 Å². The highest BCUT2D eigenvalue weighted by molar-refractivity contribution is 5.83. The molecule has 1 atom stereocenters. The van der Waals surface area contributed by atoms with Crippen molar-refractivity contribution in [3.8, 4) is 0 Å². The molecule has 1 aromatic heterocycles. The zero-order valence-electron chi connectivity index (χ0n) is 15.3. The Balaban J connectivity index is 1.55. The molecule has 130 valence electrons. The Bertz CT molecular complexity index is 848. The van der Waals surface area contributed by atoms with Gasteiger partial charge in [-0.3, -0.25) is 4.79 Å². The quantitative estimate of drug-likeness (QED) is 0.675. The summed E-state index contributed by atoms with van der Waals surface area (Å²) < 4.78 is 0. The molecular formula is C22H26N2O. The lowest BCUT2D eigenvalue weighted by Gasteiger charge is -2.25. The van der Waals surface area contributed by atoms with Crippen molar-refractivity contribution in [3.63, 3.8) is 0 Å². The molecule has 0 saturated heterocycles. The van der Waals surface area contributed by atoms with E-state index < -0.39 is 0 Å². The normalized spacial score (nSPS) is 12.3. The smallest absolute Gasteiger partial charge is 0.222 e. The zero-order valence-corrected chi connectivity index (χ0v) is 15.3. The Morgan fingerprint density at radius 2 is 1.84 bits per heavy atom. The van der Waals surface area contributed by atoms with Crippen molar-refractivity contribution in [2.24, 2.45) is 0 Å². The fourth-order valence-corrected chi connectivity index (χ4v) is 3.23. The van der Waals surface area contributed by atoms with Crippen LogP contribution in [0.15, 0.2) is 54.7 Å². The molecule has 3 rings (SSSR count). The number of fused-ring (bicyclic) bond motifs is 1. The molecule has 2 aromatic carbocycles. The fraction of sp³-hybridized carbons (Fsp3) is 0.318. The summed E-state index contributed by atoms with van der Waals surface area (Å²) in [6.07, 6.45) is 4.42. The van der Waals surface area contributed by atoms with Crippen molar-refractivity contribution in [1.29, 1.82) is 0 Å². The van der Waals surface area contributed by atoms with Gasteiger partial charge in [0.15, 0.2) is 0 Å². The van der Waals surface area contributed by atoms with Gasteiger partial charge < -0.3 is 9.88 Å². The highest BCUT2D eigenvalue weighted by atomic mass is 16.2. The van der Waals surface area contributed by atoms with Crippen LogP contribution in [0.4, 0.5) is 0 Å². The molecule has 0 bridgehead atoms. The Kier molecular flexibility index (Phi) is 5.22. The van der Waals surface area contributed by atoms with E-state index in [1.54, 1.807) is 0 Å². The number of carbonyl (C=O) groups excluding carboxylic acids is 1. The summed E-state index contributed by atoms with van der Waals surface area (Å²) >= 11 is 0. The molecule has 0 fully saturated rings. The van der Waals surface area contributed by atoms with Gasteiger partial charge in [-0.25, -0.2) is 0 Å². The van der Waals surface area contributed by atoms with Gasteiger partial charge in [0.25, 0.3) is 0 Å². The first-order chi connectivity index (χ1) is 12.1. The van der Waals surface area contributed by atoms with Gasteiger partial charge in [-0.1, -0.05) is 48.0 Å². The van der Waals surface area contributed by atoms with E-state index in [0.717, 1.165) is 18.4 Å². The van der Waals surface area contributed by atoms with Crippen molar-refractivity contribution >= 4 is 16.8 Å². The van der Waals surface area contributed by atoms with Crippen LogP contribution in [0.5, 0.6) is 0 Å².